The fourth-order valence-electron chi connectivity index (χ4n) is 2.31. The maximum absolute atomic E-state index is 12.2. The van der Waals surface area contributed by atoms with Crippen LogP contribution >= 0.6 is 0 Å². The summed E-state index contributed by atoms with van der Waals surface area (Å²) in [4.78, 5) is 12.2. The van der Waals surface area contributed by atoms with Crippen molar-refractivity contribution in [3.8, 4) is 5.75 Å². The third-order valence-corrected chi connectivity index (χ3v) is 3.68. The zero-order valence-electron chi connectivity index (χ0n) is 9.16. The molecule has 0 saturated heterocycles. The maximum atomic E-state index is 12.2. The molecule has 0 unspecified atom stereocenters. The van der Waals surface area contributed by atoms with Gasteiger partial charge in [-0.2, -0.15) is 0 Å². The Balaban J connectivity index is 1.93. The molecule has 1 aliphatic heterocycles. The van der Waals surface area contributed by atoms with Crippen LogP contribution in [-0.2, 0) is 6.42 Å². The predicted octanol–water partition coefficient (Wildman–Crippen LogP) is 1.54. The van der Waals surface area contributed by atoms with E-state index < -0.39 is 0 Å². The lowest BCUT2D eigenvalue weighted by atomic mass is 9.93. The molecule has 1 aliphatic carbocycles. The highest BCUT2D eigenvalue weighted by molar-refractivity contribution is 6.02. The Bertz CT molecular complexity index is 449. The molecule has 3 rings (SSSR count). The van der Waals surface area contributed by atoms with Gasteiger partial charge >= 0.3 is 0 Å². The summed E-state index contributed by atoms with van der Waals surface area (Å²) in [7, 11) is 0. The molecular formula is C13H15NO2. The van der Waals surface area contributed by atoms with Gasteiger partial charge in [-0.25, -0.2) is 0 Å². The number of benzene rings is 1. The molecule has 2 N–H and O–H groups in total. The van der Waals surface area contributed by atoms with Gasteiger partial charge in [-0.1, -0.05) is 0 Å². The summed E-state index contributed by atoms with van der Waals surface area (Å²) in [6, 6.07) is 5.74. The third-order valence-electron chi connectivity index (χ3n) is 3.68. The lowest BCUT2D eigenvalue weighted by Gasteiger charge is -2.11. The fraction of sp³-hybridized carbons (Fsp3) is 0.462. The van der Waals surface area contributed by atoms with Gasteiger partial charge in [-0.05, 0) is 36.6 Å². The van der Waals surface area contributed by atoms with Crippen molar-refractivity contribution in [2.24, 2.45) is 11.1 Å². The summed E-state index contributed by atoms with van der Waals surface area (Å²) in [6.45, 7) is 1.20. The van der Waals surface area contributed by atoms with Gasteiger partial charge in [0, 0.05) is 23.9 Å². The van der Waals surface area contributed by atoms with Crippen LogP contribution in [0.4, 0.5) is 0 Å². The molecule has 0 aromatic heterocycles. The van der Waals surface area contributed by atoms with Crippen LogP contribution in [0, 0.1) is 5.41 Å². The van der Waals surface area contributed by atoms with Crippen LogP contribution in [0.3, 0.4) is 0 Å². The average Bonchev–Trinajstić information content (AvgIpc) is 2.98. The van der Waals surface area contributed by atoms with E-state index in [9.17, 15) is 4.79 Å². The molecule has 1 heterocycles. The van der Waals surface area contributed by atoms with Crippen molar-refractivity contribution >= 4 is 5.78 Å². The predicted molar refractivity (Wildman–Crippen MR) is 60.7 cm³/mol. The van der Waals surface area contributed by atoms with E-state index in [4.69, 9.17) is 10.5 Å². The van der Waals surface area contributed by atoms with Crippen molar-refractivity contribution in [1.29, 1.82) is 0 Å². The SMILES string of the molecule is NCC1(C(=O)c2ccc3c(c2)CCO3)CC1. The van der Waals surface area contributed by atoms with E-state index in [1.54, 1.807) is 0 Å². The van der Waals surface area contributed by atoms with Gasteiger partial charge in [0.2, 0.25) is 0 Å². The number of rotatable bonds is 3. The lowest BCUT2D eigenvalue weighted by molar-refractivity contribution is 0.0905. The molecule has 1 saturated carbocycles. The van der Waals surface area contributed by atoms with Gasteiger partial charge in [0.25, 0.3) is 0 Å². The van der Waals surface area contributed by atoms with Crippen LogP contribution in [-0.4, -0.2) is 18.9 Å². The number of hydrogen-bond donors (Lipinski definition) is 1. The Kier molecular flexibility index (Phi) is 2.04. The summed E-state index contributed by atoms with van der Waals surface area (Å²) in [6.07, 6.45) is 2.79. The van der Waals surface area contributed by atoms with Gasteiger partial charge in [0.1, 0.15) is 5.75 Å². The van der Waals surface area contributed by atoms with Crippen molar-refractivity contribution in [1.82, 2.24) is 0 Å². The monoisotopic (exact) mass is 217 g/mol. The molecule has 84 valence electrons. The number of carbonyl (C=O) groups is 1. The summed E-state index contributed by atoms with van der Waals surface area (Å²) in [5.74, 6) is 1.14. The zero-order chi connectivity index (χ0) is 11.2. The minimum atomic E-state index is -0.242. The number of fused-ring (bicyclic) bond motifs is 1. The average molecular weight is 217 g/mol. The van der Waals surface area contributed by atoms with Crippen LogP contribution in [0.1, 0.15) is 28.8 Å². The summed E-state index contributed by atoms with van der Waals surface area (Å²) in [5, 5.41) is 0. The molecule has 0 atom stereocenters. The summed E-state index contributed by atoms with van der Waals surface area (Å²) in [5.41, 5.74) is 7.38. The fourth-order valence-corrected chi connectivity index (χ4v) is 2.31. The third kappa shape index (κ3) is 1.35. The number of Topliss-reactive ketones (excluding diaryl/α,β-unsaturated/α-hetero) is 1. The number of nitrogens with two attached hydrogens (primary N) is 1. The molecule has 0 radical (unpaired) electrons. The van der Waals surface area contributed by atoms with Crippen LogP contribution < -0.4 is 10.5 Å². The van der Waals surface area contributed by atoms with Gasteiger partial charge in [0.15, 0.2) is 5.78 Å². The molecule has 2 aliphatic rings. The maximum Gasteiger partial charge on any atom is 0.170 e. The molecule has 0 bridgehead atoms. The smallest absolute Gasteiger partial charge is 0.170 e. The molecule has 3 heteroatoms. The normalized spacial score (nSPS) is 20.1. The lowest BCUT2D eigenvalue weighted by Crippen LogP contribution is -2.25. The number of ketones is 1. The van der Waals surface area contributed by atoms with Crippen molar-refractivity contribution in [2.45, 2.75) is 19.3 Å². The second kappa shape index (κ2) is 3.32. The number of carbonyl (C=O) groups excluding carboxylic acids is 1. The topological polar surface area (TPSA) is 52.3 Å². The molecule has 0 spiro atoms. The van der Waals surface area contributed by atoms with E-state index in [-0.39, 0.29) is 11.2 Å². The van der Waals surface area contributed by atoms with E-state index >= 15 is 0 Å². The molecule has 1 aromatic rings. The van der Waals surface area contributed by atoms with Crippen LogP contribution in [0.15, 0.2) is 18.2 Å². The highest BCUT2D eigenvalue weighted by Crippen LogP contribution is 2.47. The first-order valence-electron chi connectivity index (χ1n) is 5.76. The quantitative estimate of drug-likeness (QED) is 0.781. The van der Waals surface area contributed by atoms with Crippen molar-refractivity contribution < 1.29 is 9.53 Å². The van der Waals surface area contributed by atoms with Crippen LogP contribution in [0.5, 0.6) is 5.75 Å². The summed E-state index contributed by atoms with van der Waals surface area (Å²) < 4.78 is 5.42. The Morgan fingerprint density at radius 3 is 2.94 bits per heavy atom. The van der Waals surface area contributed by atoms with Gasteiger partial charge in [-0.3, -0.25) is 4.79 Å². The highest BCUT2D eigenvalue weighted by atomic mass is 16.5. The van der Waals surface area contributed by atoms with Crippen molar-refractivity contribution in [3.05, 3.63) is 29.3 Å². The largest absolute Gasteiger partial charge is 0.493 e. The Hall–Kier alpha value is -1.35. The first kappa shape index (κ1) is 9.85. The van der Waals surface area contributed by atoms with E-state index in [2.05, 4.69) is 0 Å². The molecule has 16 heavy (non-hydrogen) atoms. The van der Waals surface area contributed by atoms with E-state index in [0.717, 1.165) is 42.7 Å². The van der Waals surface area contributed by atoms with Crippen molar-refractivity contribution in [2.75, 3.05) is 13.2 Å². The molecule has 0 amide bonds. The van der Waals surface area contributed by atoms with Gasteiger partial charge in [0.05, 0.1) is 6.61 Å². The minimum absolute atomic E-state index is 0.213. The van der Waals surface area contributed by atoms with E-state index in [1.165, 1.54) is 0 Å². The van der Waals surface area contributed by atoms with Crippen LogP contribution in [0.2, 0.25) is 0 Å². The number of ether oxygens (including phenoxy) is 1. The second-order valence-corrected chi connectivity index (χ2v) is 4.73. The minimum Gasteiger partial charge on any atom is -0.493 e. The Morgan fingerprint density at radius 2 is 2.25 bits per heavy atom. The molecular weight excluding hydrogens is 202 g/mol. The summed E-state index contributed by atoms with van der Waals surface area (Å²) >= 11 is 0. The number of hydrogen-bond acceptors (Lipinski definition) is 3. The highest BCUT2D eigenvalue weighted by Gasteiger charge is 2.48. The van der Waals surface area contributed by atoms with Crippen LogP contribution in [0.25, 0.3) is 0 Å². The zero-order valence-corrected chi connectivity index (χ0v) is 9.16. The molecule has 1 aromatic carbocycles. The van der Waals surface area contributed by atoms with E-state index in [0.29, 0.717) is 6.54 Å². The molecule has 3 nitrogen and oxygen atoms in total. The van der Waals surface area contributed by atoms with Gasteiger partial charge < -0.3 is 10.5 Å². The van der Waals surface area contributed by atoms with Gasteiger partial charge in [-0.15, -0.1) is 0 Å². The van der Waals surface area contributed by atoms with Crippen molar-refractivity contribution in [3.63, 3.8) is 0 Å². The first-order valence-corrected chi connectivity index (χ1v) is 5.76. The second-order valence-electron chi connectivity index (χ2n) is 4.73. The first-order chi connectivity index (χ1) is 7.75. The molecule has 1 fully saturated rings. The Labute approximate surface area is 94.6 Å². The Morgan fingerprint density at radius 1 is 1.44 bits per heavy atom. The standard InChI is InChI=1S/C13H15NO2/c14-8-13(4-5-13)12(15)10-1-2-11-9(7-10)3-6-16-11/h1-2,7H,3-6,8,14H2. The van der Waals surface area contributed by atoms with E-state index in [1.807, 2.05) is 18.2 Å².